The van der Waals surface area contributed by atoms with E-state index in [2.05, 4.69) is 19.8 Å². The van der Waals surface area contributed by atoms with Gasteiger partial charge in [0.05, 0.1) is 16.3 Å². The number of halogens is 1. The molecule has 0 radical (unpaired) electrons. The number of para-hydroxylation sites is 1. The van der Waals surface area contributed by atoms with Gasteiger partial charge in [0.2, 0.25) is 0 Å². The van der Waals surface area contributed by atoms with Crippen molar-refractivity contribution in [1.29, 1.82) is 0 Å². The molecule has 124 valence electrons. The largest absolute Gasteiger partial charge is 0.478 e. The van der Waals surface area contributed by atoms with Gasteiger partial charge in [-0.25, -0.2) is 14.3 Å². The third kappa shape index (κ3) is 2.76. The summed E-state index contributed by atoms with van der Waals surface area (Å²) in [5.41, 5.74) is 0.0947. The highest BCUT2D eigenvalue weighted by atomic mass is 35.5. The van der Waals surface area contributed by atoms with Crippen molar-refractivity contribution < 1.29 is 18.3 Å². The van der Waals surface area contributed by atoms with Crippen LogP contribution in [0, 0.1) is 6.92 Å². The number of carbonyl (C=O) groups is 1. The zero-order valence-electron chi connectivity index (χ0n) is 12.1. The van der Waals surface area contributed by atoms with Gasteiger partial charge in [0, 0.05) is 11.9 Å². The highest BCUT2D eigenvalue weighted by Gasteiger charge is 2.25. The molecule has 0 amide bonds. The van der Waals surface area contributed by atoms with E-state index in [0.29, 0.717) is 5.69 Å². The number of anilines is 1. The van der Waals surface area contributed by atoms with Crippen molar-refractivity contribution in [3.05, 3.63) is 46.7 Å². The average Bonchev–Trinajstić information content (AvgIpc) is 2.95. The molecule has 0 fully saturated rings. The molecule has 3 aromatic rings. The van der Waals surface area contributed by atoms with Gasteiger partial charge in [-0.3, -0.25) is 4.72 Å². The van der Waals surface area contributed by atoms with Crippen LogP contribution in [0.25, 0.3) is 5.78 Å². The summed E-state index contributed by atoms with van der Waals surface area (Å²) >= 11 is 5.92. The second kappa shape index (κ2) is 5.73. The quantitative estimate of drug-likeness (QED) is 0.716. The van der Waals surface area contributed by atoms with E-state index in [1.807, 2.05) is 0 Å². The number of nitrogens with one attached hydrogen (secondary N) is 1. The maximum atomic E-state index is 12.5. The van der Waals surface area contributed by atoms with E-state index in [4.69, 9.17) is 16.7 Å². The van der Waals surface area contributed by atoms with Crippen LogP contribution in [0.4, 0.5) is 5.69 Å². The van der Waals surface area contributed by atoms with Gasteiger partial charge in [-0.1, -0.05) is 17.7 Å². The highest BCUT2D eigenvalue weighted by molar-refractivity contribution is 7.92. The number of hydrogen-bond acceptors (Lipinski definition) is 6. The number of benzene rings is 1. The Morgan fingerprint density at radius 3 is 2.75 bits per heavy atom. The van der Waals surface area contributed by atoms with Gasteiger partial charge in [-0.15, -0.1) is 5.10 Å². The van der Waals surface area contributed by atoms with Crippen molar-refractivity contribution in [2.75, 3.05) is 4.72 Å². The predicted molar refractivity (Wildman–Crippen MR) is 84.7 cm³/mol. The summed E-state index contributed by atoms with van der Waals surface area (Å²) in [4.78, 5) is 19.0. The number of hydrogen-bond donors (Lipinski definition) is 2. The van der Waals surface area contributed by atoms with Crippen molar-refractivity contribution in [3.8, 4) is 0 Å². The van der Waals surface area contributed by atoms with Crippen LogP contribution in [0.3, 0.4) is 0 Å². The first kappa shape index (κ1) is 16.1. The molecular formula is C13H10ClN5O4S. The molecular weight excluding hydrogens is 358 g/mol. The van der Waals surface area contributed by atoms with Crippen molar-refractivity contribution in [3.63, 3.8) is 0 Å². The minimum absolute atomic E-state index is 0.0588. The SMILES string of the molecule is Cc1ccnc2nc(S(=O)(=O)Nc3c(Cl)cccc3C(=O)O)nn12. The number of sulfonamides is 1. The molecule has 0 saturated carbocycles. The van der Waals surface area contributed by atoms with Crippen molar-refractivity contribution in [1.82, 2.24) is 19.6 Å². The van der Waals surface area contributed by atoms with Crippen molar-refractivity contribution >= 4 is 39.1 Å². The standard InChI is InChI=1S/C13H10ClN5O4S/c1-7-5-6-15-12-16-13(17-19(7)12)24(22,23)18-10-8(11(20)21)3-2-4-9(10)14/h2-6,18H,1H3,(H,20,21). The van der Waals surface area contributed by atoms with E-state index in [1.165, 1.54) is 28.9 Å². The second-order valence-electron chi connectivity index (χ2n) is 4.77. The molecule has 0 unspecified atom stereocenters. The fourth-order valence-corrected chi connectivity index (χ4v) is 3.24. The lowest BCUT2D eigenvalue weighted by atomic mass is 10.2. The molecule has 24 heavy (non-hydrogen) atoms. The van der Waals surface area contributed by atoms with Gasteiger partial charge in [0.1, 0.15) is 0 Å². The lowest BCUT2D eigenvalue weighted by Crippen LogP contribution is -2.17. The van der Waals surface area contributed by atoms with Crippen LogP contribution >= 0.6 is 11.6 Å². The van der Waals surface area contributed by atoms with Gasteiger partial charge in [-0.05, 0) is 25.1 Å². The molecule has 2 aromatic heterocycles. The normalized spacial score (nSPS) is 11.6. The van der Waals surface area contributed by atoms with Gasteiger partial charge in [0.25, 0.3) is 21.0 Å². The molecule has 0 atom stereocenters. The summed E-state index contributed by atoms with van der Waals surface area (Å²) in [5.74, 6) is -1.22. The number of fused-ring (bicyclic) bond motifs is 1. The van der Waals surface area contributed by atoms with Crippen LogP contribution in [0.5, 0.6) is 0 Å². The minimum atomic E-state index is -4.25. The first-order valence-electron chi connectivity index (χ1n) is 6.52. The van der Waals surface area contributed by atoms with Gasteiger partial charge < -0.3 is 5.11 Å². The fraction of sp³-hybridized carbons (Fsp3) is 0.0769. The van der Waals surface area contributed by atoms with E-state index < -0.39 is 21.1 Å². The summed E-state index contributed by atoms with van der Waals surface area (Å²) in [5, 5.41) is 12.5. The average molecular weight is 368 g/mol. The Bertz CT molecular complexity index is 1060. The molecule has 0 aliphatic carbocycles. The van der Waals surface area contributed by atoms with E-state index in [9.17, 15) is 13.2 Å². The molecule has 3 rings (SSSR count). The van der Waals surface area contributed by atoms with E-state index in [-0.39, 0.29) is 22.1 Å². The summed E-state index contributed by atoms with van der Waals surface area (Å²) in [6.07, 6.45) is 1.47. The molecule has 2 heterocycles. The number of carboxylic acids is 1. The number of carboxylic acid groups (broad SMARTS) is 1. The summed E-state index contributed by atoms with van der Waals surface area (Å²) < 4.78 is 28.4. The number of rotatable bonds is 4. The van der Waals surface area contributed by atoms with Crippen LogP contribution < -0.4 is 4.72 Å². The zero-order valence-corrected chi connectivity index (χ0v) is 13.7. The Labute approximate surface area is 141 Å². The van der Waals surface area contributed by atoms with Gasteiger partial charge in [0.15, 0.2) is 0 Å². The molecule has 0 bridgehead atoms. The molecule has 0 saturated heterocycles. The Morgan fingerprint density at radius 2 is 2.08 bits per heavy atom. The Morgan fingerprint density at radius 1 is 1.33 bits per heavy atom. The first-order valence-corrected chi connectivity index (χ1v) is 8.39. The van der Waals surface area contributed by atoms with Crippen LogP contribution in [-0.2, 0) is 10.0 Å². The number of aromatic nitrogens is 4. The zero-order chi connectivity index (χ0) is 17.5. The lowest BCUT2D eigenvalue weighted by Gasteiger charge is -2.09. The molecule has 2 N–H and O–H groups in total. The van der Waals surface area contributed by atoms with Crippen LogP contribution in [0.2, 0.25) is 5.02 Å². The van der Waals surface area contributed by atoms with Crippen LogP contribution in [-0.4, -0.2) is 39.1 Å². The maximum absolute atomic E-state index is 12.5. The Hall–Kier alpha value is -2.72. The van der Waals surface area contributed by atoms with E-state index >= 15 is 0 Å². The molecule has 1 aromatic carbocycles. The molecule has 11 heteroatoms. The third-order valence-corrected chi connectivity index (χ3v) is 4.57. The first-order chi connectivity index (χ1) is 11.3. The molecule has 0 aliphatic rings. The predicted octanol–water partition coefficient (Wildman–Crippen LogP) is 1.59. The minimum Gasteiger partial charge on any atom is -0.478 e. The number of aryl methyl sites for hydroxylation is 1. The monoisotopic (exact) mass is 367 g/mol. The lowest BCUT2D eigenvalue weighted by molar-refractivity contribution is 0.0698. The Kier molecular flexibility index (Phi) is 3.85. The van der Waals surface area contributed by atoms with Crippen molar-refractivity contribution in [2.24, 2.45) is 0 Å². The smallest absolute Gasteiger partial charge is 0.337 e. The third-order valence-electron chi connectivity index (χ3n) is 3.13. The van der Waals surface area contributed by atoms with Crippen molar-refractivity contribution in [2.45, 2.75) is 12.1 Å². The fourth-order valence-electron chi connectivity index (χ4n) is 1.99. The summed E-state index contributed by atoms with van der Waals surface area (Å²) in [6.45, 7) is 1.71. The Balaban J connectivity index is 2.09. The summed E-state index contributed by atoms with van der Waals surface area (Å²) in [6, 6.07) is 5.64. The van der Waals surface area contributed by atoms with Gasteiger partial charge >= 0.3 is 5.97 Å². The van der Waals surface area contributed by atoms with Gasteiger partial charge in [-0.2, -0.15) is 13.4 Å². The highest BCUT2D eigenvalue weighted by Crippen LogP contribution is 2.28. The van der Waals surface area contributed by atoms with E-state index in [1.54, 1.807) is 13.0 Å². The molecule has 0 spiro atoms. The summed E-state index contributed by atoms with van der Waals surface area (Å²) in [7, 11) is -4.25. The second-order valence-corrected chi connectivity index (χ2v) is 6.75. The maximum Gasteiger partial charge on any atom is 0.337 e. The number of aromatic carboxylic acids is 1. The molecule has 9 nitrogen and oxygen atoms in total. The number of nitrogens with zero attached hydrogens (tertiary/aromatic N) is 4. The van der Waals surface area contributed by atoms with Crippen LogP contribution in [0.15, 0.2) is 35.6 Å². The topological polar surface area (TPSA) is 127 Å². The van der Waals surface area contributed by atoms with E-state index in [0.717, 1.165) is 0 Å². The van der Waals surface area contributed by atoms with Crippen LogP contribution in [0.1, 0.15) is 16.1 Å². The molecule has 0 aliphatic heterocycles.